The molecule has 13 heavy (non-hydrogen) atoms. The highest BCUT2D eigenvalue weighted by Crippen LogP contribution is 2.07. The predicted octanol–water partition coefficient (Wildman–Crippen LogP) is -0.757. The molecule has 1 rings (SSSR count). The SMILES string of the molecule is CC#CN1CCNCC1S(C)(=O)=O. The van der Waals surface area contributed by atoms with Crippen molar-refractivity contribution in [3.8, 4) is 12.0 Å². The standard InChI is InChI=1S/C8H14N2O2S/c1-3-5-10-6-4-9-7-8(10)13(2,11)12/h8-9H,4,6-7H2,1-2H3. The molecule has 0 aromatic heterocycles. The first kappa shape index (κ1) is 10.4. The lowest BCUT2D eigenvalue weighted by atomic mass is 10.4. The van der Waals surface area contributed by atoms with Crippen LogP contribution in [0.4, 0.5) is 0 Å². The Hall–Kier alpha value is -0.730. The molecule has 0 amide bonds. The number of hydrogen-bond acceptors (Lipinski definition) is 4. The molecule has 1 fully saturated rings. The largest absolute Gasteiger partial charge is 0.312 e. The van der Waals surface area contributed by atoms with E-state index in [1.165, 1.54) is 6.26 Å². The van der Waals surface area contributed by atoms with Crippen molar-refractivity contribution in [1.29, 1.82) is 0 Å². The van der Waals surface area contributed by atoms with Gasteiger partial charge in [-0.25, -0.2) is 8.42 Å². The van der Waals surface area contributed by atoms with Crippen molar-refractivity contribution in [3.05, 3.63) is 0 Å². The van der Waals surface area contributed by atoms with E-state index in [2.05, 4.69) is 17.3 Å². The summed E-state index contributed by atoms with van der Waals surface area (Å²) in [6.07, 6.45) is 1.25. The van der Waals surface area contributed by atoms with Gasteiger partial charge in [0.25, 0.3) is 0 Å². The molecule has 1 heterocycles. The predicted molar refractivity (Wildman–Crippen MR) is 51.7 cm³/mol. The fraction of sp³-hybridized carbons (Fsp3) is 0.750. The fourth-order valence-electron chi connectivity index (χ4n) is 1.33. The first-order valence-corrected chi connectivity index (χ1v) is 6.10. The van der Waals surface area contributed by atoms with Crippen LogP contribution < -0.4 is 5.32 Å². The molecule has 1 aliphatic rings. The summed E-state index contributed by atoms with van der Waals surface area (Å²) >= 11 is 0. The van der Waals surface area contributed by atoms with Crippen LogP contribution in [-0.2, 0) is 9.84 Å². The summed E-state index contributed by atoms with van der Waals surface area (Å²) in [4.78, 5) is 1.69. The molecule has 0 spiro atoms. The van der Waals surface area contributed by atoms with Crippen LogP contribution in [0.15, 0.2) is 0 Å². The summed E-state index contributed by atoms with van der Waals surface area (Å²) in [5, 5.41) is 2.55. The molecule has 0 bridgehead atoms. The highest BCUT2D eigenvalue weighted by atomic mass is 32.2. The van der Waals surface area contributed by atoms with Crippen molar-refractivity contribution in [2.75, 3.05) is 25.9 Å². The molecule has 74 valence electrons. The monoisotopic (exact) mass is 202 g/mol. The number of hydrogen-bond donors (Lipinski definition) is 1. The summed E-state index contributed by atoms with van der Waals surface area (Å²) in [6, 6.07) is 2.81. The average molecular weight is 202 g/mol. The summed E-state index contributed by atoms with van der Waals surface area (Å²) in [5.74, 6) is 2.72. The van der Waals surface area contributed by atoms with Gasteiger partial charge < -0.3 is 10.2 Å². The molecule has 1 saturated heterocycles. The molecule has 1 atom stereocenters. The summed E-state index contributed by atoms with van der Waals surface area (Å²) in [7, 11) is -3.04. The quantitative estimate of drug-likeness (QED) is 0.568. The van der Waals surface area contributed by atoms with E-state index in [1.54, 1.807) is 11.8 Å². The number of nitrogens with zero attached hydrogens (tertiary/aromatic N) is 1. The Morgan fingerprint density at radius 2 is 2.23 bits per heavy atom. The third-order valence-corrected chi connectivity index (χ3v) is 3.36. The minimum Gasteiger partial charge on any atom is -0.312 e. The van der Waals surface area contributed by atoms with E-state index < -0.39 is 15.2 Å². The van der Waals surface area contributed by atoms with Crippen LogP contribution in [0, 0.1) is 12.0 Å². The van der Waals surface area contributed by atoms with Crippen LogP contribution in [0.3, 0.4) is 0 Å². The third kappa shape index (κ3) is 2.61. The Bertz CT molecular complexity index is 326. The molecule has 0 aromatic carbocycles. The van der Waals surface area contributed by atoms with Gasteiger partial charge >= 0.3 is 0 Å². The molecule has 0 saturated carbocycles. The maximum absolute atomic E-state index is 11.3. The zero-order valence-corrected chi connectivity index (χ0v) is 8.69. The third-order valence-electron chi connectivity index (χ3n) is 1.95. The average Bonchev–Trinajstić information content (AvgIpc) is 2.04. The highest BCUT2D eigenvalue weighted by molar-refractivity contribution is 7.91. The number of piperazine rings is 1. The van der Waals surface area contributed by atoms with E-state index in [-0.39, 0.29) is 0 Å². The van der Waals surface area contributed by atoms with Gasteiger partial charge in [-0.1, -0.05) is 5.92 Å². The first-order valence-electron chi connectivity index (χ1n) is 4.14. The molecule has 1 aliphatic heterocycles. The van der Waals surface area contributed by atoms with Crippen LogP contribution in [0.5, 0.6) is 0 Å². The summed E-state index contributed by atoms with van der Waals surface area (Å²) in [6.45, 7) is 3.63. The van der Waals surface area contributed by atoms with Gasteiger partial charge in [-0.15, -0.1) is 0 Å². The lowest BCUT2D eigenvalue weighted by Gasteiger charge is -2.31. The molecule has 5 heteroatoms. The van der Waals surface area contributed by atoms with Gasteiger partial charge in [0.1, 0.15) is 0 Å². The van der Waals surface area contributed by atoms with E-state index in [0.717, 1.165) is 6.54 Å². The zero-order chi connectivity index (χ0) is 9.90. The number of nitrogens with one attached hydrogen (secondary N) is 1. The fourth-order valence-corrected chi connectivity index (χ4v) is 2.37. The molecule has 4 nitrogen and oxygen atoms in total. The minimum atomic E-state index is -3.04. The summed E-state index contributed by atoms with van der Waals surface area (Å²) in [5.41, 5.74) is 0. The van der Waals surface area contributed by atoms with E-state index in [1.807, 2.05) is 0 Å². The van der Waals surface area contributed by atoms with Gasteiger partial charge in [-0.3, -0.25) is 0 Å². The van der Waals surface area contributed by atoms with Crippen LogP contribution in [0.2, 0.25) is 0 Å². The Morgan fingerprint density at radius 1 is 1.54 bits per heavy atom. The minimum absolute atomic E-state index is 0.466. The van der Waals surface area contributed by atoms with Crippen LogP contribution in [0.1, 0.15) is 6.92 Å². The van der Waals surface area contributed by atoms with Gasteiger partial charge in [0.05, 0.1) is 0 Å². The van der Waals surface area contributed by atoms with Gasteiger partial charge in [0.2, 0.25) is 0 Å². The van der Waals surface area contributed by atoms with Crippen LogP contribution in [-0.4, -0.2) is 44.6 Å². The zero-order valence-electron chi connectivity index (χ0n) is 7.87. The first-order chi connectivity index (χ1) is 6.05. The van der Waals surface area contributed by atoms with Crippen LogP contribution >= 0.6 is 0 Å². The topological polar surface area (TPSA) is 49.4 Å². The molecule has 0 radical (unpaired) electrons. The van der Waals surface area contributed by atoms with Gasteiger partial charge in [-0.05, 0) is 6.92 Å². The maximum Gasteiger partial charge on any atom is 0.170 e. The Labute approximate surface area is 79.2 Å². The molecular weight excluding hydrogens is 188 g/mol. The number of rotatable bonds is 1. The maximum atomic E-state index is 11.3. The Balaban J connectivity index is 2.83. The lowest BCUT2D eigenvalue weighted by Crippen LogP contribution is -2.52. The normalized spacial score (nSPS) is 23.5. The summed E-state index contributed by atoms with van der Waals surface area (Å²) < 4.78 is 22.6. The van der Waals surface area contributed by atoms with E-state index >= 15 is 0 Å². The molecule has 1 unspecified atom stereocenters. The van der Waals surface area contributed by atoms with E-state index in [4.69, 9.17) is 0 Å². The van der Waals surface area contributed by atoms with Crippen molar-refractivity contribution in [3.63, 3.8) is 0 Å². The Morgan fingerprint density at radius 3 is 2.77 bits per heavy atom. The lowest BCUT2D eigenvalue weighted by molar-refractivity contribution is 0.303. The second kappa shape index (κ2) is 3.99. The molecule has 0 aliphatic carbocycles. The van der Waals surface area contributed by atoms with Crippen molar-refractivity contribution < 1.29 is 8.42 Å². The second-order valence-electron chi connectivity index (χ2n) is 3.04. The van der Waals surface area contributed by atoms with E-state index in [9.17, 15) is 8.42 Å². The van der Waals surface area contributed by atoms with Crippen LogP contribution in [0.25, 0.3) is 0 Å². The van der Waals surface area contributed by atoms with Crippen molar-refractivity contribution in [1.82, 2.24) is 10.2 Å². The van der Waals surface area contributed by atoms with Gasteiger partial charge in [-0.2, -0.15) is 0 Å². The van der Waals surface area contributed by atoms with Gasteiger partial charge in [0.15, 0.2) is 15.2 Å². The van der Waals surface area contributed by atoms with Gasteiger partial charge in [0, 0.05) is 31.9 Å². The second-order valence-corrected chi connectivity index (χ2v) is 5.25. The van der Waals surface area contributed by atoms with Crippen molar-refractivity contribution in [2.24, 2.45) is 0 Å². The van der Waals surface area contributed by atoms with E-state index in [0.29, 0.717) is 13.1 Å². The van der Waals surface area contributed by atoms with Crippen molar-refractivity contribution >= 4 is 9.84 Å². The highest BCUT2D eigenvalue weighted by Gasteiger charge is 2.28. The van der Waals surface area contributed by atoms with Crippen molar-refractivity contribution in [2.45, 2.75) is 12.3 Å². The molecule has 0 aromatic rings. The molecular formula is C8H14N2O2S. The smallest absolute Gasteiger partial charge is 0.170 e. The molecule has 1 N–H and O–H groups in total. The Kier molecular flexibility index (Phi) is 3.17. The number of sulfone groups is 1.